The summed E-state index contributed by atoms with van der Waals surface area (Å²) in [6.45, 7) is 1.84. The summed E-state index contributed by atoms with van der Waals surface area (Å²) in [4.78, 5) is 24.6. The molecule has 0 saturated carbocycles. The molecule has 3 rings (SSSR count). The molecule has 0 aliphatic rings. The first-order chi connectivity index (χ1) is 12.4. The van der Waals surface area contributed by atoms with E-state index >= 15 is 0 Å². The summed E-state index contributed by atoms with van der Waals surface area (Å²) in [6.07, 6.45) is 1.42. The molecular weight excluding hydrogens is 375 g/mol. The van der Waals surface area contributed by atoms with Gasteiger partial charge in [0.2, 0.25) is 0 Å². The van der Waals surface area contributed by atoms with Crippen molar-refractivity contribution in [3.63, 3.8) is 0 Å². The van der Waals surface area contributed by atoms with Crippen molar-refractivity contribution >= 4 is 46.4 Å². The van der Waals surface area contributed by atoms with Crippen molar-refractivity contribution in [3.05, 3.63) is 81.7 Å². The summed E-state index contributed by atoms with van der Waals surface area (Å²) in [5.41, 5.74) is 2.16. The van der Waals surface area contributed by atoms with Crippen LogP contribution in [0.1, 0.15) is 26.5 Å². The van der Waals surface area contributed by atoms with Gasteiger partial charge in [-0.2, -0.15) is 0 Å². The molecule has 0 unspecified atom stereocenters. The SMILES string of the molecule is Cc1ccc(NC(=O)c2ccco2)cc1NC(=O)c1cc(Cl)ccc1Cl. The Balaban J connectivity index is 1.80. The van der Waals surface area contributed by atoms with E-state index in [1.165, 1.54) is 12.3 Å². The van der Waals surface area contributed by atoms with Gasteiger partial charge in [-0.1, -0.05) is 29.3 Å². The molecule has 0 aliphatic carbocycles. The molecule has 1 aromatic heterocycles. The van der Waals surface area contributed by atoms with Crippen molar-refractivity contribution in [2.75, 3.05) is 10.6 Å². The number of halogens is 2. The number of nitrogens with one attached hydrogen (secondary N) is 2. The smallest absolute Gasteiger partial charge is 0.291 e. The molecular formula is C19H14Cl2N2O3. The predicted molar refractivity (Wildman–Crippen MR) is 102 cm³/mol. The van der Waals surface area contributed by atoms with E-state index in [-0.39, 0.29) is 17.2 Å². The third-order valence-corrected chi connectivity index (χ3v) is 4.23. The Hall–Kier alpha value is -2.76. The average molecular weight is 389 g/mol. The van der Waals surface area contributed by atoms with Gasteiger partial charge in [0.05, 0.1) is 16.8 Å². The molecule has 0 saturated heterocycles. The maximum absolute atomic E-state index is 12.5. The molecule has 3 aromatic rings. The van der Waals surface area contributed by atoms with Crippen LogP contribution in [0.2, 0.25) is 10.0 Å². The van der Waals surface area contributed by atoms with Gasteiger partial charge < -0.3 is 15.1 Å². The molecule has 0 aliphatic heterocycles. The van der Waals surface area contributed by atoms with Crippen molar-refractivity contribution in [2.24, 2.45) is 0 Å². The molecule has 2 aromatic carbocycles. The van der Waals surface area contributed by atoms with Crippen LogP contribution in [-0.2, 0) is 0 Å². The van der Waals surface area contributed by atoms with Crippen molar-refractivity contribution in [1.29, 1.82) is 0 Å². The normalized spacial score (nSPS) is 10.4. The fourth-order valence-corrected chi connectivity index (χ4v) is 2.67. The lowest BCUT2D eigenvalue weighted by atomic mass is 10.1. The second-order valence-corrected chi connectivity index (χ2v) is 6.38. The van der Waals surface area contributed by atoms with Crippen molar-refractivity contribution in [2.45, 2.75) is 6.92 Å². The zero-order valence-corrected chi connectivity index (χ0v) is 15.2. The number of carbonyl (C=O) groups excluding carboxylic acids is 2. The van der Waals surface area contributed by atoms with Crippen LogP contribution in [0, 0.1) is 6.92 Å². The lowest BCUT2D eigenvalue weighted by Gasteiger charge is -2.12. The van der Waals surface area contributed by atoms with Gasteiger partial charge in [0.15, 0.2) is 5.76 Å². The number of furan rings is 1. The maximum atomic E-state index is 12.5. The fraction of sp³-hybridized carbons (Fsp3) is 0.0526. The monoisotopic (exact) mass is 388 g/mol. The van der Waals surface area contributed by atoms with Gasteiger partial charge in [-0.15, -0.1) is 0 Å². The first-order valence-corrected chi connectivity index (χ1v) is 8.41. The van der Waals surface area contributed by atoms with Gasteiger partial charge in [-0.3, -0.25) is 9.59 Å². The number of carbonyl (C=O) groups is 2. The van der Waals surface area contributed by atoms with Gasteiger partial charge in [0.1, 0.15) is 0 Å². The number of hydrogen-bond donors (Lipinski definition) is 2. The molecule has 0 atom stereocenters. The topological polar surface area (TPSA) is 71.3 Å². The van der Waals surface area contributed by atoms with E-state index in [0.717, 1.165) is 5.56 Å². The van der Waals surface area contributed by atoms with Crippen molar-refractivity contribution < 1.29 is 14.0 Å². The van der Waals surface area contributed by atoms with Crippen LogP contribution in [0.4, 0.5) is 11.4 Å². The predicted octanol–water partition coefficient (Wildman–Crippen LogP) is 5.40. The highest BCUT2D eigenvalue weighted by Crippen LogP contribution is 2.25. The Labute approximate surface area is 159 Å². The standard InChI is InChI=1S/C19H14Cl2N2O3/c1-11-4-6-13(22-19(25)17-3-2-8-26-17)10-16(11)23-18(24)14-9-12(20)5-7-15(14)21/h2-10H,1H3,(H,22,25)(H,23,24). The molecule has 5 nitrogen and oxygen atoms in total. The quantitative estimate of drug-likeness (QED) is 0.628. The first-order valence-electron chi connectivity index (χ1n) is 7.66. The maximum Gasteiger partial charge on any atom is 0.291 e. The van der Waals surface area contributed by atoms with Crippen LogP contribution >= 0.6 is 23.2 Å². The second-order valence-electron chi connectivity index (χ2n) is 5.54. The van der Waals surface area contributed by atoms with Crippen LogP contribution in [0.15, 0.2) is 59.2 Å². The van der Waals surface area contributed by atoms with E-state index in [9.17, 15) is 9.59 Å². The molecule has 0 spiro atoms. The highest BCUT2D eigenvalue weighted by atomic mass is 35.5. The summed E-state index contributed by atoms with van der Waals surface area (Å²) in [5.74, 6) is -0.578. The zero-order chi connectivity index (χ0) is 18.7. The lowest BCUT2D eigenvalue weighted by molar-refractivity contribution is 0.0995. The fourth-order valence-electron chi connectivity index (χ4n) is 2.30. The van der Waals surface area contributed by atoms with Gasteiger partial charge in [0, 0.05) is 16.4 Å². The van der Waals surface area contributed by atoms with Gasteiger partial charge in [-0.05, 0) is 55.0 Å². The molecule has 2 N–H and O–H groups in total. The van der Waals surface area contributed by atoms with Crippen molar-refractivity contribution in [3.8, 4) is 0 Å². The number of rotatable bonds is 4. The van der Waals surface area contributed by atoms with Gasteiger partial charge in [0.25, 0.3) is 11.8 Å². The van der Waals surface area contributed by atoms with Crippen LogP contribution < -0.4 is 10.6 Å². The molecule has 7 heteroatoms. The number of anilines is 2. The zero-order valence-electron chi connectivity index (χ0n) is 13.7. The van der Waals surface area contributed by atoms with E-state index in [2.05, 4.69) is 10.6 Å². The largest absolute Gasteiger partial charge is 0.459 e. The summed E-state index contributed by atoms with van der Waals surface area (Å²) in [7, 11) is 0. The summed E-state index contributed by atoms with van der Waals surface area (Å²) in [6, 6.07) is 13.0. The molecule has 1 heterocycles. The Morgan fingerprint density at radius 1 is 0.962 bits per heavy atom. The average Bonchev–Trinajstić information content (AvgIpc) is 3.14. The van der Waals surface area contributed by atoms with Crippen LogP contribution in [-0.4, -0.2) is 11.8 Å². The Morgan fingerprint density at radius 3 is 2.50 bits per heavy atom. The van der Waals surface area contributed by atoms with E-state index in [1.54, 1.807) is 42.5 Å². The molecule has 0 radical (unpaired) electrons. The Morgan fingerprint density at radius 2 is 1.77 bits per heavy atom. The Kier molecular flexibility index (Phi) is 5.30. The summed E-state index contributed by atoms with van der Waals surface area (Å²) < 4.78 is 5.06. The second kappa shape index (κ2) is 7.64. The number of hydrogen-bond acceptors (Lipinski definition) is 3. The first kappa shape index (κ1) is 18.0. The van der Waals surface area contributed by atoms with E-state index in [0.29, 0.717) is 21.4 Å². The Bertz CT molecular complexity index is 969. The van der Waals surface area contributed by atoms with E-state index < -0.39 is 5.91 Å². The highest BCUT2D eigenvalue weighted by Gasteiger charge is 2.14. The summed E-state index contributed by atoms with van der Waals surface area (Å²) >= 11 is 12.0. The number of amides is 2. The molecule has 0 bridgehead atoms. The van der Waals surface area contributed by atoms with Crippen LogP contribution in [0.3, 0.4) is 0 Å². The van der Waals surface area contributed by atoms with Gasteiger partial charge in [-0.25, -0.2) is 0 Å². The molecule has 2 amide bonds. The minimum absolute atomic E-state index is 0.196. The van der Waals surface area contributed by atoms with Gasteiger partial charge >= 0.3 is 0 Å². The number of aryl methyl sites for hydroxylation is 1. The van der Waals surface area contributed by atoms with Crippen molar-refractivity contribution in [1.82, 2.24) is 0 Å². The highest BCUT2D eigenvalue weighted by molar-refractivity contribution is 6.36. The van der Waals surface area contributed by atoms with Crippen LogP contribution in [0.5, 0.6) is 0 Å². The summed E-state index contributed by atoms with van der Waals surface area (Å²) in [5, 5.41) is 6.21. The van der Waals surface area contributed by atoms with E-state index in [1.807, 2.05) is 6.92 Å². The third-order valence-electron chi connectivity index (χ3n) is 3.66. The minimum Gasteiger partial charge on any atom is -0.459 e. The van der Waals surface area contributed by atoms with Crippen LogP contribution in [0.25, 0.3) is 0 Å². The minimum atomic E-state index is -0.393. The number of benzene rings is 2. The lowest BCUT2D eigenvalue weighted by Crippen LogP contribution is -2.15. The molecule has 132 valence electrons. The third kappa shape index (κ3) is 4.07. The van der Waals surface area contributed by atoms with E-state index in [4.69, 9.17) is 27.6 Å². The molecule has 0 fully saturated rings. The molecule has 26 heavy (non-hydrogen) atoms.